The van der Waals surface area contributed by atoms with Crippen molar-refractivity contribution < 1.29 is 4.39 Å². The molecule has 3 heteroatoms. The van der Waals surface area contributed by atoms with Gasteiger partial charge in [-0.15, -0.1) is 0 Å². The van der Waals surface area contributed by atoms with Crippen LogP contribution in [0.15, 0.2) is 24.3 Å². The SMILES string of the molecule is CCCC(CBr)CN(CC)c1cccc(F)c1. The molecular formula is C14H21BrFN. The largest absolute Gasteiger partial charge is 0.371 e. The monoisotopic (exact) mass is 301 g/mol. The van der Waals surface area contributed by atoms with E-state index in [1.54, 1.807) is 12.1 Å². The van der Waals surface area contributed by atoms with Crippen LogP contribution in [0.2, 0.25) is 0 Å². The van der Waals surface area contributed by atoms with Crippen molar-refractivity contribution in [1.82, 2.24) is 0 Å². The van der Waals surface area contributed by atoms with E-state index in [0.717, 1.165) is 24.1 Å². The second-order valence-electron chi connectivity index (χ2n) is 4.33. The normalized spacial score (nSPS) is 12.5. The van der Waals surface area contributed by atoms with Crippen LogP contribution >= 0.6 is 15.9 Å². The first kappa shape index (κ1) is 14.5. The predicted molar refractivity (Wildman–Crippen MR) is 76.5 cm³/mol. The van der Waals surface area contributed by atoms with Crippen molar-refractivity contribution in [2.24, 2.45) is 5.92 Å². The van der Waals surface area contributed by atoms with Crippen molar-refractivity contribution in [1.29, 1.82) is 0 Å². The van der Waals surface area contributed by atoms with Gasteiger partial charge in [0.15, 0.2) is 0 Å². The van der Waals surface area contributed by atoms with Crippen LogP contribution in [-0.4, -0.2) is 18.4 Å². The fraction of sp³-hybridized carbons (Fsp3) is 0.571. The van der Waals surface area contributed by atoms with Crippen molar-refractivity contribution >= 4 is 21.6 Å². The first-order valence-corrected chi connectivity index (χ1v) is 7.39. The van der Waals surface area contributed by atoms with Gasteiger partial charge in [0, 0.05) is 24.1 Å². The van der Waals surface area contributed by atoms with Crippen molar-refractivity contribution in [3.8, 4) is 0 Å². The molecule has 1 unspecified atom stereocenters. The fourth-order valence-corrected chi connectivity index (χ4v) is 2.56. The summed E-state index contributed by atoms with van der Waals surface area (Å²) in [5.41, 5.74) is 0.981. The van der Waals surface area contributed by atoms with E-state index in [1.165, 1.54) is 18.9 Å². The van der Waals surface area contributed by atoms with Crippen LogP contribution < -0.4 is 4.90 Å². The van der Waals surface area contributed by atoms with Gasteiger partial charge in [-0.2, -0.15) is 0 Å². The van der Waals surface area contributed by atoms with Crippen LogP contribution in [0.25, 0.3) is 0 Å². The van der Waals surface area contributed by atoms with Gasteiger partial charge in [0.2, 0.25) is 0 Å². The van der Waals surface area contributed by atoms with Crippen LogP contribution in [0.1, 0.15) is 26.7 Å². The van der Waals surface area contributed by atoms with Gasteiger partial charge < -0.3 is 4.90 Å². The molecule has 0 aromatic heterocycles. The maximum Gasteiger partial charge on any atom is 0.125 e. The van der Waals surface area contributed by atoms with E-state index >= 15 is 0 Å². The molecule has 0 spiro atoms. The lowest BCUT2D eigenvalue weighted by atomic mass is 10.1. The van der Waals surface area contributed by atoms with E-state index in [0.29, 0.717) is 5.92 Å². The van der Waals surface area contributed by atoms with Crippen molar-refractivity contribution in [2.75, 3.05) is 23.3 Å². The molecule has 1 nitrogen and oxygen atoms in total. The molecule has 0 fully saturated rings. The summed E-state index contributed by atoms with van der Waals surface area (Å²) in [7, 11) is 0. The first-order valence-electron chi connectivity index (χ1n) is 6.27. The number of rotatable bonds is 7. The molecule has 0 N–H and O–H groups in total. The minimum atomic E-state index is -0.160. The van der Waals surface area contributed by atoms with Gasteiger partial charge in [-0.1, -0.05) is 35.3 Å². The van der Waals surface area contributed by atoms with Gasteiger partial charge >= 0.3 is 0 Å². The van der Waals surface area contributed by atoms with Gasteiger partial charge in [0.25, 0.3) is 0 Å². The molecule has 1 atom stereocenters. The van der Waals surface area contributed by atoms with Crippen LogP contribution in [0.4, 0.5) is 10.1 Å². The second-order valence-corrected chi connectivity index (χ2v) is 4.97. The van der Waals surface area contributed by atoms with Gasteiger partial charge in [0.1, 0.15) is 5.82 Å². The lowest BCUT2D eigenvalue weighted by Gasteiger charge is -2.27. The molecule has 1 rings (SSSR count). The molecule has 1 aromatic carbocycles. The molecular weight excluding hydrogens is 281 g/mol. The summed E-state index contributed by atoms with van der Waals surface area (Å²) in [6.45, 7) is 6.21. The molecule has 0 aliphatic carbocycles. The average Bonchev–Trinajstić information content (AvgIpc) is 2.34. The lowest BCUT2D eigenvalue weighted by Crippen LogP contribution is -2.30. The minimum Gasteiger partial charge on any atom is -0.371 e. The highest BCUT2D eigenvalue weighted by Crippen LogP contribution is 2.19. The van der Waals surface area contributed by atoms with E-state index in [2.05, 4.69) is 34.7 Å². The zero-order valence-corrected chi connectivity index (χ0v) is 12.2. The Hall–Kier alpha value is -0.570. The summed E-state index contributed by atoms with van der Waals surface area (Å²) in [6.07, 6.45) is 2.40. The number of anilines is 1. The highest BCUT2D eigenvalue weighted by Gasteiger charge is 2.12. The maximum atomic E-state index is 13.2. The van der Waals surface area contributed by atoms with Gasteiger partial charge in [-0.3, -0.25) is 0 Å². The molecule has 96 valence electrons. The molecule has 17 heavy (non-hydrogen) atoms. The van der Waals surface area contributed by atoms with E-state index < -0.39 is 0 Å². The van der Waals surface area contributed by atoms with E-state index in [4.69, 9.17) is 0 Å². The van der Waals surface area contributed by atoms with E-state index in [9.17, 15) is 4.39 Å². The van der Waals surface area contributed by atoms with E-state index in [1.807, 2.05) is 6.07 Å². The van der Waals surface area contributed by atoms with Crippen molar-refractivity contribution in [3.05, 3.63) is 30.1 Å². The molecule has 0 bridgehead atoms. The molecule has 0 saturated heterocycles. The Bertz CT molecular complexity index is 330. The summed E-state index contributed by atoms with van der Waals surface area (Å²) in [6, 6.07) is 6.85. The maximum absolute atomic E-state index is 13.2. The zero-order valence-electron chi connectivity index (χ0n) is 10.6. The quantitative estimate of drug-likeness (QED) is 0.672. The number of halogens is 2. The number of alkyl halides is 1. The predicted octanol–water partition coefficient (Wildman–Crippen LogP) is 4.46. The Balaban J connectivity index is 2.70. The molecule has 0 aliphatic rings. The van der Waals surface area contributed by atoms with Crippen LogP contribution in [0.3, 0.4) is 0 Å². The van der Waals surface area contributed by atoms with E-state index in [-0.39, 0.29) is 5.82 Å². The van der Waals surface area contributed by atoms with Crippen LogP contribution in [0.5, 0.6) is 0 Å². The van der Waals surface area contributed by atoms with Gasteiger partial charge in [0.05, 0.1) is 0 Å². The topological polar surface area (TPSA) is 3.24 Å². The third-order valence-corrected chi connectivity index (χ3v) is 3.86. The summed E-state index contributed by atoms with van der Waals surface area (Å²) in [4.78, 5) is 2.24. The van der Waals surface area contributed by atoms with Crippen LogP contribution in [-0.2, 0) is 0 Å². The summed E-state index contributed by atoms with van der Waals surface area (Å²) in [5.74, 6) is 0.468. The average molecular weight is 302 g/mol. The third kappa shape index (κ3) is 4.66. The Labute approximate surface area is 112 Å². The second kappa shape index (κ2) is 7.70. The van der Waals surface area contributed by atoms with Gasteiger partial charge in [-0.05, 0) is 37.5 Å². The number of benzene rings is 1. The highest BCUT2D eigenvalue weighted by atomic mass is 79.9. The summed E-state index contributed by atoms with van der Waals surface area (Å²) >= 11 is 3.56. The van der Waals surface area contributed by atoms with Crippen molar-refractivity contribution in [3.63, 3.8) is 0 Å². The highest BCUT2D eigenvalue weighted by molar-refractivity contribution is 9.09. The first-order chi connectivity index (χ1) is 8.21. The minimum absolute atomic E-state index is 0.160. The molecule has 0 amide bonds. The molecule has 0 radical (unpaired) electrons. The smallest absolute Gasteiger partial charge is 0.125 e. The Morgan fingerprint density at radius 3 is 2.65 bits per heavy atom. The lowest BCUT2D eigenvalue weighted by molar-refractivity contribution is 0.525. The number of nitrogens with zero attached hydrogens (tertiary/aromatic N) is 1. The molecule has 0 heterocycles. The summed E-state index contributed by atoms with van der Waals surface area (Å²) in [5, 5.41) is 1.01. The molecule has 1 aromatic rings. The Kier molecular flexibility index (Phi) is 6.56. The molecule has 0 saturated carbocycles. The van der Waals surface area contributed by atoms with Crippen LogP contribution in [0, 0.1) is 11.7 Å². The van der Waals surface area contributed by atoms with Gasteiger partial charge in [-0.25, -0.2) is 4.39 Å². The molecule has 0 aliphatic heterocycles. The number of hydrogen-bond donors (Lipinski definition) is 0. The Morgan fingerprint density at radius 2 is 2.12 bits per heavy atom. The zero-order chi connectivity index (χ0) is 12.7. The summed E-state index contributed by atoms with van der Waals surface area (Å²) < 4.78 is 13.2. The fourth-order valence-electron chi connectivity index (χ4n) is 2.03. The number of hydrogen-bond acceptors (Lipinski definition) is 1. The standard InChI is InChI=1S/C14H21BrFN/c1-3-6-12(10-15)11-17(4-2)14-8-5-7-13(16)9-14/h5,7-9,12H,3-4,6,10-11H2,1-2H3. The Morgan fingerprint density at radius 1 is 1.35 bits per heavy atom. The third-order valence-electron chi connectivity index (χ3n) is 2.95. The van der Waals surface area contributed by atoms with Crippen molar-refractivity contribution in [2.45, 2.75) is 26.7 Å².